The van der Waals surface area contributed by atoms with Crippen LogP contribution in [0, 0.1) is 17.5 Å². The number of carbonyl (C=O) groups is 2. The zero-order chi connectivity index (χ0) is 23.1. The van der Waals surface area contributed by atoms with Crippen LogP contribution in [-0.2, 0) is 30.5 Å². The summed E-state index contributed by atoms with van der Waals surface area (Å²) in [6, 6.07) is 0.310. The number of carboxylic acids is 1. The predicted molar refractivity (Wildman–Crippen MR) is 90.9 cm³/mol. The fourth-order valence-corrected chi connectivity index (χ4v) is 3.45. The number of alkyl halides is 3. The van der Waals surface area contributed by atoms with Crippen LogP contribution >= 0.6 is 0 Å². The standard InChI is InChI=1S/C18H16F6N4O3/c19-10-6-12(21)11(20)4-8(10)3-9(25)5-14(29)27-1-2-28-13(7-27)15(16(30)31)26-17(28)18(22,23)24/h4,6,9H,1-3,5,7,25H2,(H,30,31)/p+1/t9-/m1/s1. The molecule has 4 N–H and O–H groups in total. The van der Waals surface area contributed by atoms with Crippen molar-refractivity contribution in [3.05, 3.63) is 52.4 Å². The molecule has 1 atom stereocenters. The minimum Gasteiger partial charge on any atom is -0.476 e. The molecule has 1 aromatic heterocycles. The number of quaternary nitrogens is 1. The summed E-state index contributed by atoms with van der Waals surface area (Å²) in [4.78, 5) is 28.2. The number of benzene rings is 1. The summed E-state index contributed by atoms with van der Waals surface area (Å²) in [6.45, 7) is -0.845. The van der Waals surface area contributed by atoms with E-state index in [1.54, 1.807) is 0 Å². The smallest absolute Gasteiger partial charge is 0.449 e. The fourth-order valence-electron chi connectivity index (χ4n) is 3.45. The number of aromatic carboxylic acids is 1. The summed E-state index contributed by atoms with van der Waals surface area (Å²) >= 11 is 0. The second-order valence-corrected chi connectivity index (χ2v) is 7.13. The normalized spacial score (nSPS) is 15.0. The molecule has 1 aromatic carbocycles. The Labute approximate surface area is 171 Å². The van der Waals surface area contributed by atoms with E-state index in [0.717, 1.165) is 9.47 Å². The third-order valence-corrected chi connectivity index (χ3v) is 4.88. The third-order valence-electron chi connectivity index (χ3n) is 4.88. The molecule has 0 radical (unpaired) electrons. The van der Waals surface area contributed by atoms with Crippen molar-refractivity contribution >= 4 is 11.9 Å². The van der Waals surface area contributed by atoms with Crippen molar-refractivity contribution in [2.24, 2.45) is 0 Å². The highest BCUT2D eigenvalue weighted by atomic mass is 19.4. The zero-order valence-corrected chi connectivity index (χ0v) is 15.8. The van der Waals surface area contributed by atoms with E-state index in [-0.39, 0.29) is 37.2 Å². The Morgan fingerprint density at radius 2 is 1.77 bits per heavy atom. The average molecular weight is 451 g/mol. The molecule has 1 aliphatic heterocycles. The van der Waals surface area contributed by atoms with Crippen LogP contribution in [0.3, 0.4) is 0 Å². The van der Waals surface area contributed by atoms with Crippen LogP contribution in [0.1, 0.15) is 34.0 Å². The summed E-state index contributed by atoms with van der Waals surface area (Å²) in [7, 11) is 0. The third kappa shape index (κ3) is 4.65. The van der Waals surface area contributed by atoms with Gasteiger partial charge < -0.3 is 20.3 Å². The second-order valence-electron chi connectivity index (χ2n) is 7.13. The number of hydrogen-bond acceptors (Lipinski definition) is 3. The summed E-state index contributed by atoms with van der Waals surface area (Å²) in [5.41, 5.74) is 2.47. The Bertz CT molecular complexity index is 1040. The van der Waals surface area contributed by atoms with Gasteiger partial charge in [0.25, 0.3) is 0 Å². The summed E-state index contributed by atoms with van der Waals surface area (Å²) in [5.74, 6) is -7.16. The van der Waals surface area contributed by atoms with Crippen LogP contribution in [-0.4, -0.2) is 44.0 Å². The van der Waals surface area contributed by atoms with Gasteiger partial charge in [-0.05, 0) is 11.6 Å². The predicted octanol–water partition coefficient (Wildman–Crippen LogP) is 1.60. The number of aromatic nitrogens is 2. The van der Waals surface area contributed by atoms with E-state index < -0.39 is 59.6 Å². The second kappa shape index (κ2) is 8.21. The maximum atomic E-state index is 13.8. The van der Waals surface area contributed by atoms with E-state index in [0.29, 0.717) is 12.1 Å². The van der Waals surface area contributed by atoms with Crippen LogP contribution in [0.15, 0.2) is 12.1 Å². The number of fused-ring (bicyclic) bond motifs is 1. The van der Waals surface area contributed by atoms with Gasteiger partial charge in [-0.3, -0.25) is 4.79 Å². The number of imidazole rings is 1. The average Bonchev–Trinajstić information content (AvgIpc) is 3.05. The molecule has 0 unspecified atom stereocenters. The highest BCUT2D eigenvalue weighted by Gasteiger charge is 2.41. The lowest BCUT2D eigenvalue weighted by molar-refractivity contribution is -0.418. The molecule has 168 valence electrons. The van der Waals surface area contributed by atoms with Gasteiger partial charge in [0, 0.05) is 25.6 Å². The quantitative estimate of drug-likeness (QED) is 0.533. The lowest BCUT2D eigenvalue weighted by Gasteiger charge is -2.30. The molecule has 0 saturated heterocycles. The van der Waals surface area contributed by atoms with Crippen molar-refractivity contribution in [1.29, 1.82) is 0 Å². The number of carboxylic acid groups (broad SMARTS) is 1. The molecular weight excluding hydrogens is 434 g/mol. The number of nitrogens with zero attached hydrogens (tertiary/aromatic N) is 3. The minimum atomic E-state index is -4.86. The Morgan fingerprint density at radius 1 is 1.13 bits per heavy atom. The van der Waals surface area contributed by atoms with Gasteiger partial charge in [0.1, 0.15) is 5.82 Å². The van der Waals surface area contributed by atoms with E-state index in [9.17, 15) is 41.0 Å². The maximum Gasteiger partial charge on any atom is 0.449 e. The SMILES string of the molecule is [NH3+][C@@H](CC(=O)N1CCn2c(C(F)(F)F)nc(C(=O)O)c2C1)Cc1cc(F)c(F)cc1F. The van der Waals surface area contributed by atoms with Crippen LogP contribution in [0.5, 0.6) is 0 Å². The van der Waals surface area contributed by atoms with Gasteiger partial charge in [-0.15, -0.1) is 0 Å². The summed E-state index contributed by atoms with van der Waals surface area (Å²) in [5, 5.41) is 9.17. The monoisotopic (exact) mass is 451 g/mol. The molecule has 2 aromatic rings. The van der Waals surface area contributed by atoms with Gasteiger partial charge >= 0.3 is 12.1 Å². The van der Waals surface area contributed by atoms with E-state index in [4.69, 9.17) is 0 Å². The number of hydrogen-bond donors (Lipinski definition) is 2. The lowest BCUT2D eigenvalue weighted by Crippen LogP contribution is -2.63. The Balaban J connectivity index is 1.73. The molecule has 3 rings (SSSR count). The van der Waals surface area contributed by atoms with Crippen molar-refractivity contribution in [2.45, 2.75) is 38.1 Å². The van der Waals surface area contributed by atoms with Crippen LogP contribution in [0.25, 0.3) is 0 Å². The first-order valence-corrected chi connectivity index (χ1v) is 9.02. The molecule has 1 amide bonds. The maximum absolute atomic E-state index is 13.8. The summed E-state index contributed by atoms with van der Waals surface area (Å²) < 4.78 is 80.2. The Morgan fingerprint density at radius 3 is 2.39 bits per heavy atom. The van der Waals surface area contributed by atoms with Crippen LogP contribution in [0.2, 0.25) is 0 Å². The van der Waals surface area contributed by atoms with E-state index in [1.165, 1.54) is 0 Å². The largest absolute Gasteiger partial charge is 0.476 e. The fraction of sp³-hybridized carbons (Fsp3) is 0.389. The molecule has 1 aliphatic rings. The first kappa shape index (κ1) is 22.6. The zero-order valence-electron chi connectivity index (χ0n) is 15.8. The van der Waals surface area contributed by atoms with Crippen molar-refractivity contribution in [3.8, 4) is 0 Å². The molecular formula is C18H17F6N4O3+. The number of amides is 1. The molecule has 2 heterocycles. The van der Waals surface area contributed by atoms with Gasteiger partial charge in [-0.1, -0.05) is 0 Å². The van der Waals surface area contributed by atoms with Gasteiger partial charge in [0.2, 0.25) is 11.7 Å². The first-order valence-electron chi connectivity index (χ1n) is 9.02. The first-order chi connectivity index (χ1) is 14.4. The molecule has 0 fully saturated rings. The lowest BCUT2D eigenvalue weighted by atomic mass is 10.0. The van der Waals surface area contributed by atoms with E-state index in [1.807, 2.05) is 0 Å². The molecule has 13 heteroatoms. The number of rotatable bonds is 5. The van der Waals surface area contributed by atoms with E-state index in [2.05, 4.69) is 10.7 Å². The molecule has 0 bridgehead atoms. The van der Waals surface area contributed by atoms with Gasteiger partial charge in [-0.2, -0.15) is 13.2 Å². The van der Waals surface area contributed by atoms with Gasteiger partial charge in [-0.25, -0.2) is 22.9 Å². The van der Waals surface area contributed by atoms with Crippen molar-refractivity contribution in [2.75, 3.05) is 6.54 Å². The van der Waals surface area contributed by atoms with Gasteiger partial charge in [0.05, 0.1) is 24.7 Å². The molecule has 0 spiro atoms. The van der Waals surface area contributed by atoms with Crippen molar-refractivity contribution in [3.63, 3.8) is 0 Å². The van der Waals surface area contributed by atoms with Crippen LogP contribution < -0.4 is 5.73 Å². The van der Waals surface area contributed by atoms with Crippen LogP contribution in [0.4, 0.5) is 26.3 Å². The highest BCUT2D eigenvalue weighted by molar-refractivity contribution is 5.87. The number of carbonyl (C=O) groups excluding carboxylic acids is 1. The molecule has 0 aliphatic carbocycles. The van der Waals surface area contributed by atoms with Gasteiger partial charge in [0.15, 0.2) is 17.3 Å². The topological polar surface area (TPSA) is 103 Å². The Kier molecular flexibility index (Phi) is 5.98. The highest BCUT2D eigenvalue weighted by Crippen LogP contribution is 2.32. The molecule has 7 nitrogen and oxygen atoms in total. The van der Waals surface area contributed by atoms with E-state index >= 15 is 0 Å². The minimum absolute atomic E-state index is 0.128. The van der Waals surface area contributed by atoms with Crippen molar-refractivity contribution in [1.82, 2.24) is 14.5 Å². The molecule has 31 heavy (non-hydrogen) atoms. The summed E-state index contributed by atoms with van der Waals surface area (Å²) in [6.07, 6.45) is -5.30. The Hall–Kier alpha value is -3.09. The van der Waals surface area contributed by atoms with Crippen molar-refractivity contribution < 1.29 is 46.8 Å². The number of halogens is 6. The molecule has 0 saturated carbocycles.